The molecule has 1 N–H and O–H groups in total. The Hall–Kier alpha value is -2.40. The second-order valence-electron chi connectivity index (χ2n) is 4.85. The smallest absolute Gasteiger partial charge is 0.249 e. The normalized spacial score (nSPS) is 16.5. The number of hydrogen-bond acceptors (Lipinski definition) is 5. The topological polar surface area (TPSA) is 63.8 Å². The summed E-state index contributed by atoms with van der Waals surface area (Å²) in [6, 6.07) is 11.7. The van der Waals surface area contributed by atoms with Crippen LogP contribution in [-0.4, -0.2) is 15.1 Å². The van der Waals surface area contributed by atoms with Crippen LogP contribution >= 0.6 is 11.6 Å². The Morgan fingerprint density at radius 1 is 1.19 bits per heavy atom. The summed E-state index contributed by atoms with van der Waals surface area (Å²) in [5.41, 5.74) is 2.89. The Kier molecular flexibility index (Phi) is 2.86. The van der Waals surface area contributed by atoms with Gasteiger partial charge in [-0.25, -0.2) is 0 Å². The van der Waals surface area contributed by atoms with Crippen LogP contribution in [-0.2, 0) is 6.42 Å². The van der Waals surface area contributed by atoms with Crippen molar-refractivity contribution in [1.82, 2.24) is 15.1 Å². The molecule has 3 heterocycles. The van der Waals surface area contributed by atoms with Crippen LogP contribution in [0.25, 0.3) is 11.5 Å². The number of halogens is 1. The molecule has 2 aromatic heterocycles. The molecule has 1 atom stereocenters. The molecule has 1 aromatic carbocycles. The van der Waals surface area contributed by atoms with E-state index in [0.717, 1.165) is 12.1 Å². The van der Waals surface area contributed by atoms with Gasteiger partial charge in [-0.05, 0) is 23.8 Å². The van der Waals surface area contributed by atoms with E-state index in [2.05, 4.69) is 26.5 Å². The molecule has 3 aromatic rings. The average molecular weight is 299 g/mol. The summed E-state index contributed by atoms with van der Waals surface area (Å²) >= 11 is 6.10. The van der Waals surface area contributed by atoms with Crippen LogP contribution in [0.4, 0.5) is 5.69 Å². The number of para-hydroxylation sites is 1. The predicted octanol–water partition coefficient (Wildman–Crippen LogP) is 3.49. The molecule has 4 rings (SSSR count). The predicted molar refractivity (Wildman–Crippen MR) is 79.0 cm³/mol. The van der Waals surface area contributed by atoms with E-state index in [1.807, 2.05) is 18.2 Å². The molecule has 6 heteroatoms. The molecule has 0 saturated heterocycles. The fourth-order valence-corrected chi connectivity index (χ4v) is 2.68. The quantitative estimate of drug-likeness (QED) is 0.784. The molecule has 1 aliphatic rings. The van der Waals surface area contributed by atoms with Crippen molar-refractivity contribution in [2.24, 2.45) is 0 Å². The summed E-state index contributed by atoms with van der Waals surface area (Å²) in [5.74, 6) is 0.955. The number of aromatic nitrogens is 3. The van der Waals surface area contributed by atoms with Gasteiger partial charge in [0, 0.05) is 18.3 Å². The van der Waals surface area contributed by atoms with Crippen LogP contribution in [0.15, 0.2) is 47.1 Å². The first-order valence-corrected chi connectivity index (χ1v) is 6.98. The summed E-state index contributed by atoms with van der Waals surface area (Å²) in [7, 11) is 0. The number of anilines is 1. The zero-order chi connectivity index (χ0) is 14.2. The van der Waals surface area contributed by atoms with Gasteiger partial charge in [0.15, 0.2) is 0 Å². The minimum Gasteiger partial charge on any atom is -0.373 e. The number of hydrogen-bond donors (Lipinski definition) is 1. The lowest BCUT2D eigenvalue weighted by atomic mass is 10.1. The van der Waals surface area contributed by atoms with Crippen molar-refractivity contribution in [1.29, 1.82) is 0 Å². The lowest BCUT2D eigenvalue weighted by molar-refractivity contribution is 0.364. The van der Waals surface area contributed by atoms with E-state index in [1.165, 1.54) is 5.56 Å². The molecule has 1 unspecified atom stereocenters. The molecule has 0 radical (unpaired) electrons. The number of nitrogens with zero attached hydrogens (tertiary/aromatic N) is 3. The lowest BCUT2D eigenvalue weighted by Gasteiger charge is -2.04. The van der Waals surface area contributed by atoms with Gasteiger partial charge in [0.05, 0.1) is 5.02 Å². The highest BCUT2D eigenvalue weighted by Crippen LogP contribution is 2.34. The molecule has 0 spiro atoms. The zero-order valence-electron chi connectivity index (χ0n) is 11.0. The molecular formula is C15H11ClN4O. The minimum absolute atomic E-state index is 0.00821. The third-order valence-corrected chi connectivity index (χ3v) is 3.79. The van der Waals surface area contributed by atoms with Gasteiger partial charge in [-0.15, -0.1) is 0 Å². The molecule has 104 valence electrons. The van der Waals surface area contributed by atoms with E-state index in [4.69, 9.17) is 16.1 Å². The third-order valence-electron chi connectivity index (χ3n) is 3.48. The van der Waals surface area contributed by atoms with Gasteiger partial charge in [0.1, 0.15) is 11.7 Å². The molecule has 21 heavy (non-hydrogen) atoms. The Balaban J connectivity index is 1.63. The first-order valence-electron chi connectivity index (χ1n) is 6.60. The largest absolute Gasteiger partial charge is 0.373 e. The fourth-order valence-electron chi connectivity index (χ4n) is 2.47. The maximum absolute atomic E-state index is 6.10. The number of pyridine rings is 1. The summed E-state index contributed by atoms with van der Waals surface area (Å²) in [5, 5.41) is 7.87. The lowest BCUT2D eigenvalue weighted by Crippen LogP contribution is -2.05. The number of nitrogens with one attached hydrogen (secondary N) is 1. The highest BCUT2D eigenvalue weighted by atomic mass is 35.5. The van der Waals surface area contributed by atoms with Crippen LogP contribution in [0, 0.1) is 0 Å². The Bertz CT molecular complexity index is 777. The van der Waals surface area contributed by atoms with E-state index < -0.39 is 0 Å². The summed E-state index contributed by atoms with van der Waals surface area (Å²) in [6.45, 7) is 0. The van der Waals surface area contributed by atoms with E-state index >= 15 is 0 Å². The molecular weight excluding hydrogens is 288 g/mol. The highest BCUT2D eigenvalue weighted by Gasteiger charge is 2.27. The van der Waals surface area contributed by atoms with Crippen LogP contribution in [0.5, 0.6) is 0 Å². The van der Waals surface area contributed by atoms with Gasteiger partial charge in [0.25, 0.3) is 0 Å². The van der Waals surface area contributed by atoms with Crippen molar-refractivity contribution in [2.45, 2.75) is 12.5 Å². The monoisotopic (exact) mass is 298 g/mol. The summed E-state index contributed by atoms with van der Waals surface area (Å²) < 4.78 is 5.37. The number of benzene rings is 1. The van der Waals surface area contributed by atoms with E-state index in [0.29, 0.717) is 22.4 Å². The van der Waals surface area contributed by atoms with Crippen molar-refractivity contribution in [3.05, 3.63) is 59.1 Å². The number of rotatable bonds is 2. The molecule has 0 aliphatic carbocycles. The van der Waals surface area contributed by atoms with Crippen LogP contribution in [0.2, 0.25) is 5.02 Å². The van der Waals surface area contributed by atoms with E-state index in [-0.39, 0.29) is 6.04 Å². The standard InChI is InChI=1S/C15H11ClN4O/c16-10-5-3-7-17-13(10)14-19-15(21-20-14)12-8-9-4-1-2-6-11(9)18-12/h1-7,12,18H,8H2. The molecule has 0 amide bonds. The second kappa shape index (κ2) is 4.86. The van der Waals surface area contributed by atoms with Crippen LogP contribution < -0.4 is 5.32 Å². The van der Waals surface area contributed by atoms with Crippen molar-refractivity contribution >= 4 is 17.3 Å². The van der Waals surface area contributed by atoms with Crippen molar-refractivity contribution < 1.29 is 4.52 Å². The molecule has 0 saturated carbocycles. The van der Waals surface area contributed by atoms with Gasteiger partial charge in [-0.2, -0.15) is 4.98 Å². The van der Waals surface area contributed by atoms with Crippen LogP contribution in [0.1, 0.15) is 17.5 Å². The van der Waals surface area contributed by atoms with Gasteiger partial charge in [0.2, 0.25) is 11.7 Å². The first kappa shape index (κ1) is 12.3. The SMILES string of the molecule is Clc1cccnc1-c1noc(C2Cc3ccccc3N2)n1. The van der Waals surface area contributed by atoms with Gasteiger partial charge in [-0.3, -0.25) is 4.98 Å². The van der Waals surface area contributed by atoms with Gasteiger partial charge in [-0.1, -0.05) is 35.0 Å². The summed E-state index contributed by atoms with van der Waals surface area (Å²) in [6.07, 6.45) is 2.48. The van der Waals surface area contributed by atoms with Crippen LogP contribution in [0.3, 0.4) is 0 Å². The van der Waals surface area contributed by atoms with Gasteiger partial charge >= 0.3 is 0 Å². The summed E-state index contributed by atoms with van der Waals surface area (Å²) in [4.78, 5) is 8.61. The average Bonchev–Trinajstić information content (AvgIpc) is 3.14. The molecule has 5 nitrogen and oxygen atoms in total. The fraction of sp³-hybridized carbons (Fsp3) is 0.133. The molecule has 0 bridgehead atoms. The van der Waals surface area contributed by atoms with Crippen molar-refractivity contribution in [3.8, 4) is 11.5 Å². The third kappa shape index (κ3) is 2.15. The number of fused-ring (bicyclic) bond motifs is 1. The van der Waals surface area contributed by atoms with Crippen molar-refractivity contribution in [3.63, 3.8) is 0 Å². The first-order chi connectivity index (χ1) is 10.3. The molecule has 0 fully saturated rings. The molecule has 1 aliphatic heterocycles. The highest BCUT2D eigenvalue weighted by molar-refractivity contribution is 6.32. The Morgan fingerprint density at radius 2 is 2.10 bits per heavy atom. The van der Waals surface area contributed by atoms with Crippen molar-refractivity contribution in [2.75, 3.05) is 5.32 Å². The van der Waals surface area contributed by atoms with E-state index in [1.54, 1.807) is 18.3 Å². The Labute approximate surface area is 126 Å². The Morgan fingerprint density at radius 3 is 2.95 bits per heavy atom. The zero-order valence-corrected chi connectivity index (χ0v) is 11.7. The van der Waals surface area contributed by atoms with E-state index in [9.17, 15) is 0 Å². The van der Waals surface area contributed by atoms with Gasteiger partial charge < -0.3 is 9.84 Å². The maximum Gasteiger partial charge on any atom is 0.249 e. The minimum atomic E-state index is -0.00821. The second-order valence-corrected chi connectivity index (χ2v) is 5.26. The maximum atomic E-state index is 6.10.